The van der Waals surface area contributed by atoms with Gasteiger partial charge in [0.15, 0.2) is 0 Å². The van der Waals surface area contributed by atoms with Crippen LogP contribution in [0.2, 0.25) is 0 Å². The quantitative estimate of drug-likeness (QED) is 0.741. The molecule has 1 aromatic rings. The molecule has 2 nitrogen and oxygen atoms in total. The van der Waals surface area contributed by atoms with E-state index in [0.717, 1.165) is 32.5 Å². The van der Waals surface area contributed by atoms with Crippen molar-refractivity contribution in [3.63, 3.8) is 0 Å². The smallest absolute Gasteiger partial charge is 0.0462 e. The Kier molecular flexibility index (Phi) is 7.49. The summed E-state index contributed by atoms with van der Waals surface area (Å²) >= 11 is 3.64. The molecule has 0 spiro atoms. The van der Waals surface area contributed by atoms with Crippen LogP contribution in [-0.2, 0) is 4.74 Å². The molecule has 1 atom stereocenters. The van der Waals surface area contributed by atoms with Crippen LogP contribution in [0.5, 0.6) is 0 Å². The number of likely N-dealkylation sites (N-methyl/N-ethyl adjacent to an activating group) is 1. The summed E-state index contributed by atoms with van der Waals surface area (Å²) in [5.74, 6) is 0.556. The van der Waals surface area contributed by atoms with Crippen molar-refractivity contribution in [2.24, 2.45) is 0 Å². The predicted molar refractivity (Wildman–Crippen MR) is 76.5 cm³/mol. The summed E-state index contributed by atoms with van der Waals surface area (Å²) in [4.78, 5) is 0. The molecule has 1 aromatic carbocycles. The van der Waals surface area contributed by atoms with Crippen LogP contribution >= 0.6 is 15.9 Å². The van der Waals surface area contributed by atoms with Gasteiger partial charge in [0.1, 0.15) is 0 Å². The van der Waals surface area contributed by atoms with E-state index >= 15 is 0 Å². The maximum absolute atomic E-state index is 5.13. The fraction of sp³-hybridized carbons (Fsp3) is 0.571. The summed E-state index contributed by atoms with van der Waals surface area (Å²) in [6, 6.07) is 8.49. The third-order valence-electron chi connectivity index (χ3n) is 2.89. The highest BCUT2D eigenvalue weighted by molar-refractivity contribution is 9.10. The number of methoxy groups -OCH3 is 1. The van der Waals surface area contributed by atoms with E-state index in [4.69, 9.17) is 4.74 Å². The average molecular weight is 300 g/mol. The molecule has 1 unspecified atom stereocenters. The molecule has 0 heterocycles. The molecular weight excluding hydrogens is 278 g/mol. The van der Waals surface area contributed by atoms with E-state index < -0.39 is 0 Å². The Hall–Kier alpha value is -0.380. The van der Waals surface area contributed by atoms with E-state index in [2.05, 4.69) is 52.4 Å². The minimum absolute atomic E-state index is 0.556. The molecule has 0 aromatic heterocycles. The molecule has 0 bridgehead atoms. The van der Waals surface area contributed by atoms with Gasteiger partial charge in [-0.1, -0.05) is 41.1 Å². The van der Waals surface area contributed by atoms with Crippen LogP contribution < -0.4 is 5.32 Å². The molecular formula is C14H22BrNO. The first-order valence-electron chi connectivity index (χ1n) is 6.23. The van der Waals surface area contributed by atoms with Crippen molar-refractivity contribution in [2.45, 2.75) is 25.7 Å². The van der Waals surface area contributed by atoms with E-state index in [9.17, 15) is 0 Å². The maximum Gasteiger partial charge on any atom is 0.0462 e. The maximum atomic E-state index is 5.13. The van der Waals surface area contributed by atoms with Crippen LogP contribution in [-0.4, -0.2) is 26.8 Å². The largest absolute Gasteiger partial charge is 0.385 e. The van der Waals surface area contributed by atoms with Gasteiger partial charge in [-0.15, -0.1) is 0 Å². The lowest BCUT2D eigenvalue weighted by Crippen LogP contribution is -2.21. The number of nitrogens with one attached hydrogen (secondary N) is 1. The fourth-order valence-electron chi connectivity index (χ4n) is 1.97. The van der Waals surface area contributed by atoms with Gasteiger partial charge in [0.05, 0.1) is 0 Å². The highest BCUT2D eigenvalue weighted by Crippen LogP contribution is 2.27. The Morgan fingerprint density at radius 1 is 1.35 bits per heavy atom. The summed E-state index contributed by atoms with van der Waals surface area (Å²) in [6.45, 7) is 5.04. The van der Waals surface area contributed by atoms with Crippen molar-refractivity contribution >= 4 is 15.9 Å². The number of rotatable bonds is 8. The second-order valence-corrected chi connectivity index (χ2v) is 5.02. The Bertz CT molecular complexity index is 317. The zero-order chi connectivity index (χ0) is 12.5. The number of halogens is 1. The predicted octanol–water partition coefficient (Wildman–Crippen LogP) is 3.57. The third-order valence-corrected chi connectivity index (χ3v) is 3.61. The van der Waals surface area contributed by atoms with E-state index in [-0.39, 0.29) is 0 Å². The molecule has 3 heteroatoms. The first kappa shape index (κ1) is 14.7. The van der Waals surface area contributed by atoms with Crippen LogP contribution in [0.15, 0.2) is 28.7 Å². The Labute approximate surface area is 113 Å². The SMILES string of the molecule is CCNCC(CCCOC)c1ccccc1Br. The van der Waals surface area contributed by atoms with Crippen molar-refractivity contribution in [3.05, 3.63) is 34.3 Å². The fourth-order valence-corrected chi connectivity index (χ4v) is 2.57. The van der Waals surface area contributed by atoms with Crippen molar-refractivity contribution in [2.75, 3.05) is 26.8 Å². The van der Waals surface area contributed by atoms with Gasteiger partial charge in [0.2, 0.25) is 0 Å². The van der Waals surface area contributed by atoms with Gasteiger partial charge in [0, 0.05) is 24.7 Å². The van der Waals surface area contributed by atoms with Crippen molar-refractivity contribution in [1.82, 2.24) is 5.32 Å². The molecule has 1 rings (SSSR count). The normalized spacial score (nSPS) is 12.6. The zero-order valence-electron chi connectivity index (χ0n) is 10.7. The van der Waals surface area contributed by atoms with E-state index in [0.29, 0.717) is 5.92 Å². The van der Waals surface area contributed by atoms with E-state index in [1.807, 2.05) is 0 Å². The van der Waals surface area contributed by atoms with Gasteiger partial charge in [-0.25, -0.2) is 0 Å². The minimum Gasteiger partial charge on any atom is -0.385 e. The number of hydrogen-bond donors (Lipinski definition) is 1. The monoisotopic (exact) mass is 299 g/mol. The van der Waals surface area contributed by atoms with Gasteiger partial charge < -0.3 is 10.1 Å². The van der Waals surface area contributed by atoms with Gasteiger partial charge >= 0.3 is 0 Å². The molecule has 0 saturated heterocycles. The number of hydrogen-bond acceptors (Lipinski definition) is 2. The Morgan fingerprint density at radius 2 is 2.12 bits per heavy atom. The molecule has 0 aliphatic heterocycles. The van der Waals surface area contributed by atoms with Crippen molar-refractivity contribution in [3.8, 4) is 0 Å². The van der Waals surface area contributed by atoms with Gasteiger partial charge in [-0.05, 0) is 36.9 Å². The first-order valence-corrected chi connectivity index (χ1v) is 7.03. The van der Waals surface area contributed by atoms with Crippen molar-refractivity contribution < 1.29 is 4.74 Å². The topological polar surface area (TPSA) is 21.3 Å². The molecule has 17 heavy (non-hydrogen) atoms. The first-order chi connectivity index (χ1) is 8.29. The molecule has 0 saturated carbocycles. The molecule has 0 amide bonds. The van der Waals surface area contributed by atoms with Crippen LogP contribution in [0.4, 0.5) is 0 Å². The summed E-state index contributed by atoms with van der Waals surface area (Å²) in [7, 11) is 1.76. The van der Waals surface area contributed by atoms with Gasteiger partial charge in [0.25, 0.3) is 0 Å². The average Bonchev–Trinajstić information content (AvgIpc) is 2.35. The second kappa shape index (κ2) is 8.67. The lowest BCUT2D eigenvalue weighted by Gasteiger charge is -2.19. The van der Waals surface area contributed by atoms with Crippen LogP contribution in [0.1, 0.15) is 31.2 Å². The summed E-state index contributed by atoms with van der Waals surface area (Å²) in [5.41, 5.74) is 1.39. The Balaban J connectivity index is 2.64. The molecule has 96 valence electrons. The van der Waals surface area contributed by atoms with E-state index in [1.54, 1.807) is 7.11 Å². The van der Waals surface area contributed by atoms with Crippen LogP contribution in [0.25, 0.3) is 0 Å². The van der Waals surface area contributed by atoms with Crippen LogP contribution in [0.3, 0.4) is 0 Å². The summed E-state index contributed by atoms with van der Waals surface area (Å²) in [5, 5.41) is 3.44. The lowest BCUT2D eigenvalue weighted by molar-refractivity contribution is 0.190. The third kappa shape index (κ3) is 5.19. The molecule has 0 radical (unpaired) electrons. The molecule has 0 aliphatic rings. The number of benzene rings is 1. The standard InChI is InChI=1S/C14H22BrNO/c1-3-16-11-12(7-6-10-17-2)13-8-4-5-9-14(13)15/h4-5,8-9,12,16H,3,6-7,10-11H2,1-2H3. The zero-order valence-corrected chi connectivity index (χ0v) is 12.3. The van der Waals surface area contributed by atoms with Gasteiger partial charge in [-0.3, -0.25) is 0 Å². The summed E-state index contributed by atoms with van der Waals surface area (Å²) < 4.78 is 6.34. The second-order valence-electron chi connectivity index (χ2n) is 4.16. The molecule has 0 aliphatic carbocycles. The number of ether oxygens (including phenoxy) is 1. The van der Waals surface area contributed by atoms with Gasteiger partial charge in [-0.2, -0.15) is 0 Å². The molecule has 0 fully saturated rings. The van der Waals surface area contributed by atoms with Crippen LogP contribution in [0, 0.1) is 0 Å². The highest BCUT2D eigenvalue weighted by Gasteiger charge is 2.13. The van der Waals surface area contributed by atoms with E-state index in [1.165, 1.54) is 10.0 Å². The molecule has 1 N–H and O–H groups in total. The highest BCUT2D eigenvalue weighted by atomic mass is 79.9. The Morgan fingerprint density at radius 3 is 2.76 bits per heavy atom. The minimum atomic E-state index is 0.556. The van der Waals surface area contributed by atoms with Crippen molar-refractivity contribution in [1.29, 1.82) is 0 Å². The summed E-state index contributed by atoms with van der Waals surface area (Å²) in [6.07, 6.45) is 2.26. The lowest BCUT2D eigenvalue weighted by atomic mass is 9.94.